The van der Waals surface area contributed by atoms with Gasteiger partial charge in [0, 0.05) is 0 Å². The third kappa shape index (κ3) is 1.50. The van der Waals surface area contributed by atoms with Crippen LogP contribution in [0.3, 0.4) is 0 Å². The Kier molecular flexibility index (Phi) is 2.03. The van der Waals surface area contributed by atoms with Crippen molar-refractivity contribution in [3.63, 3.8) is 0 Å². The second kappa shape index (κ2) is 2.98. The van der Waals surface area contributed by atoms with Crippen LogP contribution in [0.15, 0.2) is 24.3 Å². The van der Waals surface area contributed by atoms with Crippen molar-refractivity contribution in [2.75, 3.05) is 0 Å². The SMILES string of the molecule is Fc1cccc2cc([B-](F)(F)F)sc12. The van der Waals surface area contributed by atoms with Gasteiger partial charge in [-0.25, -0.2) is 4.39 Å². The molecular formula is C8H4BF4S-. The molecular weight excluding hydrogens is 215 g/mol. The summed E-state index contributed by atoms with van der Waals surface area (Å²) in [4.78, 5) is 0. The molecule has 0 radical (unpaired) electrons. The van der Waals surface area contributed by atoms with Crippen molar-refractivity contribution >= 4 is 33.2 Å². The van der Waals surface area contributed by atoms with E-state index in [0.29, 0.717) is 16.7 Å². The van der Waals surface area contributed by atoms with Crippen LogP contribution in [0, 0.1) is 5.82 Å². The average Bonchev–Trinajstić information content (AvgIpc) is 2.48. The lowest BCUT2D eigenvalue weighted by molar-refractivity contribution is 0.503. The molecule has 1 heterocycles. The average molecular weight is 219 g/mol. The number of hydrogen-bond donors (Lipinski definition) is 0. The predicted octanol–water partition coefficient (Wildman–Crippen LogP) is 3.09. The molecule has 2 rings (SSSR count). The van der Waals surface area contributed by atoms with Crippen molar-refractivity contribution < 1.29 is 17.3 Å². The molecule has 0 spiro atoms. The summed E-state index contributed by atoms with van der Waals surface area (Å²) in [7, 11) is 0. The molecule has 74 valence electrons. The lowest BCUT2D eigenvalue weighted by Crippen LogP contribution is -2.30. The molecule has 6 heteroatoms. The molecule has 0 saturated heterocycles. The quantitative estimate of drug-likeness (QED) is 0.510. The van der Waals surface area contributed by atoms with E-state index in [4.69, 9.17) is 0 Å². The fourth-order valence-electron chi connectivity index (χ4n) is 1.21. The number of benzene rings is 1. The maximum absolute atomic E-state index is 13.0. The number of fused-ring (bicyclic) bond motifs is 1. The van der Waals surface area contributed by atoms with Gasteiger partial charge >= 0.3 is 6.98 Å². The first kappa shape index (κ1) is 9.52. The van der Waals surface area contributed by atoms with Gasteiger partial charge in [0.1, 0.15) is 5.82 Å². The van der Waals surface area contributed by atoms with Gasteiger partial charge in [-0.1, -0.05) is 23.0 Å². The van der Waals surface area contributed by atoms with E-state index in [1.807, 2.05) is 0 Å². The Hall–Kier alpha value is -1.04. The van der Waals surface area contributed by atoms with Crippen LogP contribution in [-0.2, 0) is 0 Å². The normalized spacial score (nSPS) is 12.3. The minimum Gasteiger partial charge on any atom is -0.444 e. The van der Waals surface area contributed by atoms with Crippen LogP contribution < -0.4 is 4.78 Å². The van der Waals surface area contributed by atoms with Crippen LogP contribution in [0.5, 0.6) is 0 Å². The summed E-state index contributed by atoms with van der Waals surface area (Å²) in [5.74, 6) is -0.598. The lowest BCUT2D eigenvalue weighted by atomic mass is 9.89. The van der Waals surface area contributed by atoms with Gasteiger partial charge in [-0.2, -0.15) is 11.3 Å². The summed E-state index contributed by atoms with van der Waals surface area (Å²) in [6.07, 6.45) is 0. The third-order valence-corrected chi connectivity index (χ3v) is 3.09. The molecule has 0 unspecified atom stereocenters. The second-order valence-electron chi connectivity index (χ2n) is 2.88. The van der Waals surface area contributed by atoms with Gasteiger partial charge in [-0.15, -0.1) is 0 Å². The van der Waals surface area contributed by atoms with E-state index in [0.717, 1.165) is 12.1 Å². The number of halogens is 4. The van der Waals surface area contributed by atoms with E-state index in [2.05, 4.69) is 0 Å². The van der Waals surface area contributed by atoms with Gasteiger partial charge < -0.3 is 12.9 Å². The van der Waals surface area contributed by atoms with Crippen LogP contribution in [0.1, 0.15) is 0 Å². The van der Waals surface area contributed by atoms with E-state index in [9.17, 15) is 17.3 Å². The Morgan fingerprint density at radius 3 is 2.43 bits per heavy atom. The molecule has 1 aromatic carbocycles. The van der Waals surface area contributed by atoms with Gasteiger partial charge in [-0.3, -0.25) is 0 Å². The first-order valence-corrected chi connectivity index (χ1v) is 4.68. The van der Waals surface area contributed by atoms with E-state index in [1.54, 1.807) is 0 Å². The summed E-state index contributed by atoms with van der Waals surface area (Å²) in [5, 5.41) is 0.309. The molecule has 0 N–H and O–H groups in total. The number of thiophene rings is 1. The van der Waals surface area contributed by atoms with Crippen LogP contribution in [0.25, 0.3) is 10.1 Å². The smallest absolute Gasteiger partial charge is 0.444 e. The summed E-state index contributed by atoms with van der Waals surface area (Å²) < 4.78 is 49.3. The third-order valence-electron chi connectivity index (χ3n) is 1.84. The zero-order valence-electron chi connectivity index (χ0n) is 6.81. The number of rotatable bonds is 1. The zero-order chi connectivity index (χ0) is 10.3. The minimum absolute atomic E-state index is 0.0710. The van der Waals surface area contributed by atoms with Gasteiger partial charge in [0.2, 0.25) is 0 Å². The van der Waals surface area contributed by atoms with Crippen molar-refractivity contribution in [2.45, 2.75) is 0 Å². The minimum atomic E-state index is -5.02. The second-order valence-corrected chi connectivity index (χ2v) is 3.97. The van der Waals surface area contributed by atoms with E-state index in [-0.39, 0.29) is 4.70 Å². The highest BCUT2D eigenvalue weighted by Gasteiger charge is 2.28. The van der Waals surface area contributed by atoms with Crippen molar-refractivity contribution in [3.05, 3.63) is 30.1 Å². The molecule has 14 heavy (non-hydrogen) atoms. The van der Waals surface area contributed by atoms with Crippen molar-refractivity contribution in [3.8, 4) is 0 Å². The Bertz CT molecular complexity index is 474. The molecule has 0 aliphatic rings. The van der Waals surface area contributed by atoms with Crippen molar-refractivity contribution in [1.82, 2.24) is 0 Å². The van der Waals surface area contributed by atoms with Gasteiger partial charge in [-0.05, 0) is 11.5 Å². The summed E-state index contributed by atoms with van der Waals surface area (Å²) in [6, 6.07) is 5.02. The highest BCUT2D eigenvalue weighted by atomic mass is 32.1. The van der Waals surface area contributed by atoms with Crippen molar-refractivity contribution in [2.24, 2.45) is 0 Å². The van der Waals surface area contributed by atoms with E-state index in [1.165, 1.54) is 12.1 Å². The van der Waals surface area contributed by atoms with E-state index < -0.39 is 17.6 Å². The summed E-state index contributed by atoms with van der Waals surface area (Å²) >= 11 is 0.459. The molecule has 0 atom stereocenters. The fraction of sp³-hybridized carbons (Fsp3) is 0. The Labute approximate surface area is 81.2 Å². The van der Waals surface area contributed by atoms with Gasteiger partial charge in [0.05, 0.1) is 4.70 Å². The molecule has 0 saturated carbocycles. The first-order valence-electron chi connectivity index (χ1n) is 3.86. The van der Waals surface area contributed by atoms with Crippen molar-refractivity contribution in [1.29, 1.82) is 0 Å². The highest BCUT2D eigenvalue weighted by molar-refractivity contribution is 7.29. The molecule has 0 nitrogen and oxygen atoms in total. The standard InChI is InChI=1S/C8H4BF4S/c10-6-3-1-2-5-4-7(9(11,12)13)14-8(5)6/h1-4H/q-1. The molecule has 0 aliphatic heterocycles. The Morgan fingerprint density at radius 2 is 1.86 bits per heavy atom. The van der Waals surface area contributed by atoms with Crippen LogP contribution in [0.2, 0.25) is 0 Å². The van der Waals surface area contributed by atoms with Gasteiger partial charge in [0.25, 0.3) is 0 Å². The zero-order valence-corrected chi connectivity index (χ0v) is 7.62. The van der Waals surface area contributed by atoms with Gasteiger partial charge in [0.15, 0.2) is 0 Å². The Balaban J connectivity index is 2.69. The summed E-state index contributed by atoms with van der Waals surface area (Å²) in [5.41, 5.74) is 0. The lowest BCUT2D eigenvalue weighted by Gasteiger charge is -2.09. The van der Waals surface area contributed by atoms with E-state index >= 15 is 0 Å². The highest BCUT2D eigenvalue weighted by Crippen LogP contribution is 2.25. The summed E-state index contributed by atoms with van der Waals surface area (Å²) in [6.45, 7) is -5.02. The van der Waals surface area contributed by atoms with Crippen LogP contribution >= 0.6 is 11.3 Å². The molecule has 0 aliphatic carbocycles. The fourth-order valence-corrected chi connectivity index (χ4v) is 2.17. The molecule has 2 aromatic rings. The van der Waals surface area contributed by atoms with Crippen LogP contribution in [0.4, 0.5) is 17.3 Å². The maximum atomic E-state index is 13.0. The van der Waals surface area contributed by atoms with Crippen LogP contribution in [-0.4, -0.2) is 6.98 Å². The molecule has 0 fully saturated rings. The first-order chi connectivity index (χ1) is 6.48. The predicted molar refractivity (Wildman–Crippen MR) is 50.5 cm³/mol. The monoisotopic (exact) mass is 219 g/mol. The largest absolute Gasteiger partial charge is 0.519 e. The molecule has 1 aromatic heterocycles. The Morgan fingerprint density at radius 1 is 1.14 bits per heavy atom. The maximum Gasteiger partial charge on any atom is 0.519 e. The number of hydrogen-bond acceptors (Lipinski definition) is 1. The topological polar surface area (TPSA) is 0 Å². The molecule has 0 amide bonds. The molecule has 0 bridgehead atoms.